The van der Waals surface area contributed by atoms with Gasteiger partial charge in [-0.1, -0.05) is 12.1 Å². The molecule has 18 heavy (non-hydrogen) atoms. The first-order chi connectivity index (χ1) is 8.60. The Morgan fingerprint density at radius 2 is 2.22 bits per heavy atom. The molecular weight excluding hydrogens is 366 g/mol. The number of ketones is 1. The first kappa shape index (κ1) is 13.4. The van der Waals surface area contributed by atoms with Gasteiger partial charge in [-0.25, -0.2) is 0 Å². The van der Waals surface area contributed by atoms with Gasteiger partial charge in [0, 0.05) is 21.6 Å². The van der Waals surface area contributed by atoms with Crippen LogP contribution in [0.15, 0.2) is 25.7 Å². The summed E-state index contributed by atoms with van der Waals surface area (Å²) < 4.78 is 6.63. The number of Topliss-reactive ketones (excluding diaryl/α,β-unsaturated/α-hetero) is 1. The number of hydrogen-bond donors (Lipinski definition) is 0. The molecule has 0 aliphatic rings. The Morgan fingerprint density at radius 1 is 1.44 bits per heavy atom. The molecule has 0 radical (unpaired) electrons. The highest BCUT2D eigenvalue weighted by molar-refractivity contribution is 9.11. The van der Waals surface area contributed by atoms with E-state index < -0.39 is 0 Å². The quantitative estimate of drug-likeness (QED) is 0.821. The van der Waals surface area contributed by atoms with Crippen molar-refractivity contribution >= 4 is 37.6 Å². The molecule has 0 aromatic carbocycles. The maximum atomic E-state index is 11.3. The van der Waals surface area contributed by atoms with E-state index >= 15 is 0 Å². The molecule has 0 saturated carbocycles. The molecule has 0 aliphatic carbocycles. The number of aromatic nitrogens is 3. The zero-order chi connectivity index (χ0) is 13.1. The van der Waals surface area contributed by atoms with Crippen molar-refractivity contribution in [2.24, 2.45) is 0 Å². The Morgan fingerprint density at radius 3 is 2.89 bits per heavy atom. The van der Waals surface area contributed by atoms with E-state index in [0.29, 0.717) is 23.8 Å². The zero-order valence-corrected chi connectivity index (χ0v) is 12.7. The van der Waals surface area contributed by atoms with Crippen molar-refractivity contribution in [1.82, 2.24) is 15.1 Å². The molecule has 2 rings (SSSR count). The summed E-state index contributed by atoms with van der Waals surface area (Å²) in [6, 6.07) is 1.84. The van der Waals surface area contributed by atoms with E-state index in [0.717, 1.165) is 8.95 Å². The minimum Gasteiger partial charge on any atom is -0.338 e. The van der Waals surface area contributed by atoms with Crippen molar-refractivity contribution in [1.29, 1.82) is 0 Å². The van der Waals surface area contributed by atoms with Gasteiger partial charge >= 0.3 is 0 Å². The second kappa shape index (κ2) is 5.71. The van der Waals surface area contributed by atoms with E-state index in [-0.39, 0.29) is 12.2 Å². The summed E-state index contributed by atoms with van der Waals surface area (Å²) in [6.07, 6.45) is 2.27. The molecule has 0 fully saturated rings. The molecular formula is C11H9Br2N3O2. The molecule has 0 spiro atoms. The molecule has 94 valence electrons. The number of pyridine rings is 1. The van der Waals surface area contributed by atoms with E-state index in [2.05, 4.69) is 47.0 Å². The third kappa shape index (κ3) is 3.02. The van der Waals surface area contributed by atoms with Crippen molar-refractivity contribution in [3.63, 3.8) is 0 Å². The van der Waals surface area contributed by atoms with Gasteiger partial charge in [0.1, 0.15) is 11.5 Å². The smallest absolute Gasteiger partial charge is 0.234 e. The second-order valence-corrected chi connectivity index (χ2v) is 5.33. The Labute approximate surface area is 120 Å². The summed E-state index contributed by atoms with van der Waals surface area (Å²) >= 11 is 6.69. The largest absolute Gasteiger partial charge is 0.338 e. The molecule has 0 atom stereocenters. The lowest BCUT2D eigenvalue weighted by molar-refractivity contribution is -0.118. The van der Waals surface area contributed by atoms with E-state index in [1.807, 2.05) is 6.07 Å². The van der Waals surface area contributed by atoms with Crippen LogP contribution in [0.25, 0.3) is 11.5 Å². The highest BCUT2D eigenvalue weighted by Crippen LogP contribution is 2.26. The summed E-state index contributed by atoms with van der Waals surface area (Å²) in [4.78, 5) is 19.6. The zero-order valence-electron chi connectivity index (χ0n) is 9.48. The van der Waals surface area contributed by atoms with Crippen LogP contribution in [-0.2, 0) is 11.2 Å². The lowest BCUT2D eigenvalue weighted by atomic mass is 10.2. The first-order valence-electron chi connectivity index (χ1n) is 5.26. The van der Waals surface area contributed by atoms with Gasteiger partial charge in [-0.05, 0) is 37.9 Å². The maximum absolute atomic E-state index is 11.3. The predicted molar refractivity (Wildman–Crippen MR) is 71.9 cm³/mol. The fraction of sp³-hybridized carbons (Fsp3) is 0.273. The Hall–Kier alpha value is -1.08. The molecule has 0 N–H and O–H groups in total. The minimum absolute atomic E-state index is 0.0630. The normalized spacial score (nSPS) is 10.6. The van der Waals surface area contributed by atoms with E-state index in [9.17, 15) is 4.79 Å². The molecule has 0 bridgehead atoms. The fourth-order valence-electron chi connectivity index (χ4n) is 1.30. The van der Waals surface area contributed by atoms with Gasteiger partial charge in [-0.15, -0.1) is 0 Å². The average Bonchev–Trinajstić information content (AvgIpc) is 2.77. The topological polar surface area (TPSA) is 68.9 Å². The Balaban J connectivity index is 2.26. The maximum Gasteiger partial charge on any atom is 0.234 e. The van der Waals surface area contributed by atoms with Crippen LogP contribution in [0.2, 0.25) is 0 Å². The Bertz CT molecular complexity index is 583. The SMILES string of the molecule is CCC(=O)Cc1nc(-c2ncc(Br)cc2Br)no1. The van der Waals surface area contributed by atoms with Gasteiger partial charge in [-0.2, -0.15) is 4.98 Å². The van der Waals surface area contributed by atoms with Crippen molar-refractivity contribution < 1.29 is 9.32 Å². The number of nitrogens with zero attached hydrogens (tertiary/aromatic N) is 3. The highest BCUT2D eigenvalue weighted by Gasteiger charge is 2.14. The monoisotopic (exact) mass is 373 g/mol. The summed E-state index contributed by atoms with van der Waals surface area (Å²) in [6.45, 7) is 1.80. The summed E-state index contributed by atoms with van der Waals surface area (Å²) in [5.41, 5.74) is 0.581. The average molecular weight is 375 g/mol. The van der Waals surface area contributed by atoms with Gasteiger partial charge in [0.05, 0.1) is 6.42 Å². The molecule has 0 aliphatic heterocycles. The van der Waals surface area contributed by atoms with Crippen LogP contribution in [0.3, 0.4) is 0 Å². The number of carbonyl (C=O) groups excluding carboxylic acids is 1. The van der Waals surface area contributed by atoms with Gasteiger partial charge in [0.2, 0.25) is 11.7 Å². The van der Waals surface area contributed by atoms with E-state index in [1.54, 1.807) is 13.1 Å². The van der Waals surface area contributed by atoms with Crippen molar-refractivity contribution in [3.8, 4) is 11.5 Å². The van der Waals surface area contributed by atoms with Gasteiger partial charge in [0.25, 0.3) is 0 Å². The van der Waals surface area contributed by atoms with Crippen LogP contribution < -0.4 is 0 Å². The van der Waals surface area contributed by atoms with Crippen LogP contribution >= 0.6 is 31.9 Å². The predicted octanol–water partition coefficient (Wildman–Crippen LogP) is 3.18. The van der Waals surface area contributed by atoms with Crippen LogP contribution in [0.1, 0.15) is 19.2 Å². The van der Waals surface area contributed by atoms with E-state index in [4.69, 9.17) is 4.52 Å². The van der Waals surface area contributed by atoms with Gasteiger partial charge < -0.3 is 4.52 Å². The van der Waals surface area contributed by atoms with Gasteiger partial charge in [-0.3, -0.25) is 9.78 Å². The van der Waals surface area contributed by atoms with Crippen molar-refractivity contribution in [3.05, 3.63) is 27.1 Å². The molecule has 2 aromatic rings. The van der Waals surface area contributed by atoms with Crippen molar-refractivity contribution in [2.75, 3.05) is 0 Å². The number of carbonyl (C=O) groups is 1. The highest BCUT2D eigenvalue weighted by atomic mass is 79.9. The number of halogens is 2. The molecule has 7 heteroatoms. The Kier molecular flexibility index (Phi) is 4.23. The number of rotatable bonds is 4. The number of hydrogen-bond acceptors (Lipinski definition) is 5. The van der Waals surface area contributed by atoms with Crippen LogP contribution in [0.4, 0.5) is 0 Å². The standard InChI is InChI=1S/C11H9Br2N3O2/c1-2-7(17)4-9-15-11(16-18-9)10-8(13)3-6(12)5-14-10/h3,5H,2,4H2,1H3. The molecule has 2 heterocycles. The molecule has 0 unspecified atom stereocenters. The molecule has 5 nitrogen and oxygen atoms in total. The first-order valence-corrected chi connectivity index (χ1v) is 6.84. The third-order valence-electron chi connectivity index (χ3n) is 2.23. The van der Waals surface area contributed by atoms with Crippen LogP contribution in [0, 0.1) is 0 Å². The second-order valence-electron chi connectivity index (χ2n) is 3.56. The lowest BCUT2D eigenvalue weighted by Gasteiger charge is -1.97. The lowest BCUT2D eigenvalue weighted by Crippen LogP contribution is -2.00. The minimum atomic E-state index is 0.0630. The summed E-state index contributed by atoms with van der Waals surface area (Å²) in [5, 5.41) is 3.82. The molecule has 0 amide bonds. The van der Waals surface area contributed by atoms with Crippen LogP contribution in [-0.4, -0.2) is 20.9 Å². The third-order valence-corrected chi connectivity index (χ3v) is 3.27. The fourth-order valence-corrected chi connectivity index (χ4v) is 2.46. The van der Waals surface area contributed by atoms with Gasteiger partial charge in [0.15, 0.2) is 0 Å². The summed E-state index contributed by atoms with van der Waals surface area (Å²) in [5.74, 6) is 0.745. The molecule has 2 aromatic heterocycles. The molecule has 0 saturated heterocycles. The summed E-state index contributed by atoms with van der Waals surface area (Å²) in [7, 11) is 0. The van der Waals surface area contributed by atoms with Crippen LogP contribution in [0.5, 0.6) is 0 Å². The van der Waals surface area contributed by atoms with E-state index in [1.165, 1.54) is 0 Å². The van der Waals surface area contributed by atoms with Crippen molar-refractivity contribution in [2.45, 2.75) is 19.8 Å².